The zero-order valence-corrected chi connectivity index (χ0v) is 12.4. The highest BCUT2D eigenvalue weighted by molar-refractivity contribution is 7.14. The fraction of sp³-hybridized carbons (Fsp3) is 0.0625. The molecule has 2 aromatic carbocycles. The molecule has 2 N–H and O–H groups in total. The van der Waals surface area contributed by atoms with Crippen molar-refractivity contribution in [2.24, 2.45) is 0 Å². The van der Waals surface area contributed by atoms with Gasteiger partial charge in [-0.2, -0.15) is 13.2 Å². The van der Waals surface area contributed by atoms with E-state index in [0.29, 0.717) is 16.4 Å². The molecule has 3 nitrogen and oxygen atoms in total. The number of rotatable bonds is 3. The van der Waals surface area contributed by atoms with Crippen LogP contribution in [0.15, 0.2) is 53.9 Å². The summed E-state index contributed by atoms with van der Waals surface area (Å²) in [7, 11) is 0. The molecule has 0 aliphatic rings. The number of aromatic nitrogens is 1. The van der Waals surface area contributed by atoms with Gasteiger partial charge in [0.1, 0.15) is 5.75 Å². The monoisotopic (exact) mass is 336 g/mol. The molecule has 0 aliphatic heterocycles. The molecule has 0 bridgehead atoms. The average Bonchev–Trinajstić information content (AvgIpc) is 2.97. The molecular weight excluding hydrogens is 325 g/mol. The Morgan fingerprint density at radius 3 is 2.22 bits per heavy atom. The largest absolute Gasteiger partial charge is 0.508 e. The lowest BCUT2D eigenvalue weighted by Gasteiger charge is -2.06. The van der Waals surface area contributed by atoms with Crippen molar-refractivity contribution in [3.63, 3.8) is 0 Å². The van der Waals surface area contributed by atoms with E-state index in [9.17, 15) is 18.3 Å². The standard InChI is InChI=1S/C16H11F3N2OS/c17-16(18,19)11-3-1-10(2-4-11)14-9-23-15(21-14)20-12-5-7-13(22)8-6-12/h1-9,22H,(H,20,21). The van der Waals surface area contributed by atoms with Crippen LogP contribution in [0.2, 0.25) is 0 Å². The van der Waals surface area contributed by atoms with Gasteiger partial charge in [-0.1, -0.05) is 12.1 Å². The van der Waals surface area contributed by atoms with Gasteiger partial charge < -0.3 is 10.4 Å². The van der Waals surface area contributed by atoms with Crippen LogP contribution in [-0.2, 0) is 6.18 Å². The smallest absolute Gasteiger partial charge is 0.416 e. The zero-order chi connectivity index (χ0) is 16.4. The van der Waals surface area contributed by atoms with Gasteiger partial charge in [-0.25, -0.2) is 4.98 Å². The second kappa shape index (κ2) is 5.92. The molecule has 0 saturated heterocycles. The minimum atomic E-state index is -4.34. The lowest BCUT2D eigenvalue weighted by Crippen LogP contribution is -2.03. The number of anilines is 2. The van der Waals surface area contributed by atoms with Crippen molar-refractivity contribution in [1.29, 1.82) is 0 Å². The molecule has 1 heterocycles. The second-order valence-electron chi connectivity index (χ2n) is 4.78. The first-order valence-electron chi connectivity index (χ1n) is 6.61. The maximum Gasteiger partial charge on any atom is 0.416 e. The highest BCUT2D eigenvalue weighted by Crippen LogP contribution is 2.32. The first kappa shape index (κ1) is 15.4. The van der Waals surface area contributed by atoms with Crippen molar-refractivity contribution < 1.29 is 18.3 Å². The summed E-state index contributed by atoms with van der Waals surface area (Å²) < 4.78 is 37.7. The third-order valence-electron chi connectivity index (χ3n) is 3.13. The van der Waals surface area contributed by atoms with E-state index in [1.165, 1.54) is 23.5 Å². The van der Waals surface area contributed by atoms with E-state index in [1.54, 1.807) is 29.6 Å². The minimum absolute atomic E-state index is 0.167. The topological polar surface area (TPSA) is 45.1 Å². The van der Waals surface area contributed by atoms with Gasteiger partial charge in [0.25, 0.3) is 0 Å². The first-order valence-corrected chi connectivity index (χ1v) is 7.49. The summed E-state index contributed by atoms with van der Waals surface area (Å²) in [4.78, 5) is 4.35. The lowest BCUT2D eigenvalue weighted by atomic mass is 10.1. The van der Waals surface area contributed by atoms with Crippen LogP contribution in [0.5, 0.6) is 5.75 Å². The Labute approximate surface area is 134 Å². The van der Waals surface area contributed by atoms with Crippen molar-refractivity contribution in [2.45, 2.75) is 6.18 Å². The fourth-order valence-electron chi connectivity index (χ4n) is 1.96. The summed E-state index contributed by atoms with van der Waals surface area (Å²) >= 11 is 1.35. The minimum Gasteiger partial charge on any atom is -0.508 e. The third kappa shape index (κ3) is 3.62. The molecule has 118 valence electrons. The molecule has 0 atom stereocenters. The molecular formula is C16H11F3N2OS. The van der Waals surface area contributed by atoms with E-state index < -0.39 is 11.7 Å². The lowest BCUT2D eigenvalue weighted by molar-refractivity contribution is -0.137. The summed E-state index contributed by atoms with van der Waals surface area (Å²) in [5.41, 5.74) is 1.30. The predicted octanol–water partition coefficient (Wildman–Crippen LogP) is 5.28. The molecule has 0 spiro atoms. The highest BCUT2D eigenvalue weighted by atomic mass is 32.1. The number of phenolic OH excluding ortho intramolecular Hbond substituents is 1. The summed E-state index contributed by atoms with van der Waals surface area (Å²) in [6.07, 6.45) is -4.34. The van der Waals surface area contributed by atoms with Gasteiger partial charge in [-0.05, 0) is 36.4 Å². The molecule has 1 aromatic heterocycles. The number of nitrogens with one attached hydrogen (secondary N) is 1. The molecule has 3 rings (SSSR count). The van der Waals surface area contributed by atoms with E-state index in [2.05, 4.69) is 10.3 Å². The van der Waals surface area contributed by atoms with Crippen LogP contribution in [0.3, 0.4) is 0 Å². The molecule has 0 aliphatic carbocycles. The number of nitrogens with zero attached hydrogens (tertiary/aromatic N) is 1. The van der Waals surface area contributed by atoms with Crippen molar-refractivity contribution in [2.75, 3.05) is 5.32 Å². The Balaban J connectivity index is 1.77. The highest BCUT2D eigenvalue weighted by Gasteiger charge is 2.30. The summed E-state index contributed by atoms with van der Waals surface area (Å²) in [6, 6.07) is 11.4. The van der Waals surface area contributed by atoms with E-state index in [4.69, 9.17) is 0 Å². The molecule has 0 amide bonds. The van der Waals surface area contributed by atoms with Crippen LogP contribution in [0, 0.1) is 0 Å². The summed E-state index contributed by atoms with van der Waals surface area (Å²) in [5, 5.41) is 14.7. The number of halogens is 3. The van der Waals surface area contributed by atoms with E-state index in [1.807, 2.05) is 0 Å². The molecule has 0 saturated carbocycles. The molecule has 3 aromatic rings. The van der Waals surface area contributed by atoms with Crippen LogP contribution in [0.4, 0.5) is 24.0 Å². The normalized spacial score (nSPS) is 11.4. The Hall–Kier alpha value is -2.54. The number of hydrogen-bond acceptors (Lipinski definition) is 4. The van der Waals surface area contributed by atoms with Gasteiger partial charge in [0.05, 0.1) is 11.3 Å². The van der Waals surface area contributed by atoms with Gasteiger partial charge >= 0.3 is 6.18 Å². The Bertz CT molecular complexity index is 795. The number of alkyl halides is 3. The van der Waals surface area contributed by atoms with Crippen LogP contribution < -0.4 is 5.32 Å². The Morgan fingerprint density at radius 2 is 1.61 bits per heavy atom. The molecule has 0 fully saturated rings. The molecule has 23 heavy (non-hydrogen) atoms. The number of hydrogen-bond donors (Lipinski definition) is 2. The zero-order valence-electron chi connectivity index (χ0n) is 11.6. The van der Waals surface area contributed by atoms with Gasteiger partial charge in [-0.3, -0.25) is 0 Å². The third-order valence-corrected chi connectivity index (χ3v) is 3.89. The maximum atomic E-state index is 12.6. The Kier molecular flexibility index (Phi) is 3.96. The van der Waals surface area contributed by atoms with Crippen LogP contribution in [-0.4, -0.2) is 10.1 Å². The molecule has 0 unspecified atom stereocenters. The maximum absolute atomic E-state index is 12.6. The quantitative estimate of drug-likeness (QED) is 0.640. The van der Waals surface area contributed by atoms with Crippen molar-refractivity contribution in [1.82, 2.24) is 4.98 Å². The van der Waals surface area contributed by atoms with Gasteiger partial charge in [0.2, 0.25) is 0 Å². The number of aromatic hydroxyl groups is 1. The SMILES string of the molecule is Oc1ccc(Nc2nc(-c3ccc(C(F)(F)F)cc3)cs2)cc1. The Morgan fingerprint density at radius 1 is 0.957 bits per heavy atom. The van der Waals surface area contributed by atoms with Crippen LogP contribution in [0.1, 0.15) is 5.56 Å². The fourth-order valence-corrected chi connectivity index (χ4v) is 2.70. The summed E-state index contributed by atoms with van der Waals surface area (Å²) in [6.45, 7) is 0. The number of thiazole rings is 1. The van der Waals surface area contributed by atoms with Crippen LogP contribution in [0.25, 0.3) is 11.3 Å². The number of phenols is 1. The van der Waals surface area contributed by atoms with E-state index in [-0.39, 0.29) is 5.75 Å². The van der Waals surface area contributed by atoms with E-state index >= 15 is 0 Å². The van der Waals surface area contributed by atoms with E-state index in [0.717, 1.165) is 17.8 Å². The first-order chi connectivity index (χ1) is 10.9. The van der Waals surface area contributed by atoms with Crippen molar-refractivity contribution in [3.8, 4) is 17.0 Å². The average molecular weight is 336 g/mol. The van der Waals surface area contributed by atoms with Crippen molar-refractivity contribution >= 4 is 22.2 Å². The summed E-state index contributed by atoms with van der Waals surface area (Å²) in [5.74, 6) is 0.167. The predicted molar refractivity (Wildman–Crippen MR) is 83.9 cm³/mol. The van der Waals surface area contributed by atoms with Gasteiger partial charge in [-0.15, -0.1) is 11.3 Å². The van der Waals surface area contributed by atoms with Gasteiger partial charge in [0, 0.05) is 16.6 Å². The second-order valence-corrected chi connectivity index (χ2v) is 5.64. The molecule has 0 radical (unpaired) electrons. The van der Waals surface area contributed by atoms with Gasteiger partial charge in [0.15, 0.2) is 5.13 Å². The van der Waals surface area contributed by atoms with Crippen LogP contribution >= 0.6 is 11.3 Å². The van der Waals surface area contributed by atoms with Crippen molar-refractivity contribution in [3.05, 3.63) is 59.5 Å². The molecule has 7 heteroatoms. The number of benzene rings is 2.